The molecule has 2 aromatic carbocycles. The summed E-state index contributed by atoms with van der Waals surface area (Å²) in [6.07, 6.45) is 11.3. The Labute approximate surface area is 212 Å². The Morgan fingerprint density at radius 2 is 1.92 bits per heavy atom. The molecule has 0 bridgehead atoms. The van der Waals surface area contributed by atoms with Crippen LogP contribution in [0.15, 0.2) is 91.0 Å². The molecule has 5 aromatic rings. The van der Waals surface area contributed by atoms with Gasteiger partial charge in [-0.25, -0.2) is 9.97 Å². The lowest BCUT2D eigenvalue weighted by molar-refractivity contribution is -0.116. The molecule has 0 aliphatic rings. The second kappa shape index (κ2) is 10.9. The Kier molecular flexibility index (Phi) is 7.05. The molecule has 36 heavy (non-hydrogen) atoms. The van der Waals surface area contributed by atoms with Gasteiger partial charge in [-0.05, 0) is 47.7 Å². The number of thiophene rings is 1. The molecule has 3 aromatic heterocycles. The number of nitrogens with zero attached hydrogens (tertiary/aromatic N) is 3. The van der Waals surface area contributed by atoms with Crippen LogP contribution < -0.4 is 15.8 Å². The van der Waals surface area contributed by atoms with Crippen LogP contribution in [0.25, 0.3) is 27.3 Å². The van der Waals surface area contributed by atoms with Crippen LogP contribution in [-0.2, 0) is 11.3 Å². The number of nitrogen functional groups attached to an aromatic ring is 1. The predicted octanol–water partition coefficient (Wildman–Crippen LogP) is 5.75. The summed E-state index contributed by atoms with van der Waals surface area (Å²) in [5.41, 5.74) is 9.16. The molecule has 0 saturated carbocycles. The first-order chi connectivity index (χ1) is 17.7. The van der Waals surface area contributed by atoms with Gasteiger partial charge < -0.3 is 20.4 Å². The molecule has 0 aliphatic heterocycles. The van der Waals surface area contributed by atoms with Gasteiger partial charge in [0.2, 0.25) is 5.91 Å². The van der Waals surface area contributed by atoms with E-state index in [0.29, 0.717) is 12.4 Å². The smallest absolute Gasteiger partial charge is 0.244 e. The second-order valence-electron chi connectivity index (χ2n) is 8.17. The van der Waals surface area contributed by atoms with E-state index in [9.17, 15) is 4.79 Å². The molecule has 0 radical (unpaired) electrons. The fourth-order valence-electron chi connectivity index (χ4n) is 3.86. The molecule has 3 N–H and O–H groups in total. The van der Waals surface area contributed by atoms with E-state index in [1.807, 2.05) is 65.4 Å². The molecule has 7 nitrogen and oxygen atoms in total. The number of nitrogens with two attached hydrogens (primary N) is 1. The Bertz CT molecular complexity index is 1480. The Morgan fingerprint density at radius 3 is 2.69 bits per heavy atom. The van der Waals surface area contributed by atoms with Gasteiger partial charge >= 0.3 is 0 Å². The van der Waals surface area contributed by atoms with Crippen LogP contribution in [0, 0.1) is 0 Å². The number of carbonyl (C=O) groups excluding carboxylic acids is 1. The first kappa shape index (κ1) is 23.3. The number of para-hydroxylation sites is 1. The third-order valence-corrected chi connectivity index (χ3v) is 6.69. The van der Waals surface area contributed by atoms with Gasteiger partial charge in [-0.1, -0.05) is 30.3 Å². The highest BCUT2D eigenvalue weighted by Gasteiger charge is 2.13. The van der Waals surface area contributed by atoms with Gasteiger partial charge in [-0.15, -0.1) is 11.3 Å². The minimum absolute atomic E-state index is 0.142. The molecule has 8 heteroatoms. The molecule has 0 atom stereocenters. The Morgan fingerprint density at radius 1 is 1.11 bits per heavy atom. The summed E-state index contributed by atoms with van der Waals surface area (Å²) in [4.78, 5) is 20.7. The highest BCUT2D eigenvalue weighted by molar-refractivity contribution is 7.18. The number of anilines is 1. The number of aromatic nitrogens is 3. The van der Waals surface area contributed by atoms with Gasteiger partial charge in [0.15, 0.2) is 0 Å². The van der Waals surface area contributed by atoms with Crippen LogP contribution in [0.4, 0.5) is 5.82 Å². The monoisotopic (exact) mass is 495 g/mol. The SMILES string of the molecule is Nc1ncc(C=CC(=O)NCCCn2ccnc2)c2scc(-c3ccc(Oc4ccccc4)cc3)c12. The van der Waals surface area contributed by atoms with Crippen molar-refractivity contribution in [2.24, 2.45) is 0 Å². The zero-order chi connectivity index (χ0) is 24.7. The normalized spacial score (nSPS) is 11.2. The van der Waals surface area contributed by atoms with E-state index in [2.05, 4.69) is 20.7 Å². The molecule has 180 valence electrons. The van der Waals surface area contributed by atoms with Gasteiger partial charge in [-0.2, -0.15) is 0 Å². The summed E-state index contributed by atoms with van der Waals surface area (Å²) in [5, 5.41) is 5.88. The fourth-order valence-corrected chi connectivity index (χ4v) is 4.94. The summed E-state index contributed by atoms with van der Waals surface area (Å²) in [6.45, 7) is 1.40. The number of amides is 1. The van der Waals surface area contributed by atoms with E-state index in [4.69, 9.17) is 10.5 Å². The minimum atomic E-state index is -0.142. The summed E-state index contributed by atoms with van der Waals surface area (Å²) in [6, 6.07) is 17.6. The quantitative estimate of drug-likeness (QED) is 0.200. The number of nitrogens with one attached hydrogen (secondary N) is 1. The van der Waals surface area contributed by atoms with Gasteiger partial charge in [0, 0.05) is 59.0 Å². The van der Waals surface area contributed by atoms with Gasteiger partial charge in [0.05, 0.1) is 6.33 Å². The lowest BCUT2D eigenvalue weighted by Crippen LogP contribution is -2.22. The number of hydrogen-bond donors (Lipinski definition) is 2. The van der Waals surface area contributed by atoms with E-state index < -0.39 is 0 Å². The maximum absolute atomic E-state index is 12.3. The molecule has 1 amide bonds. The number of hydrogen-bond acceptors (Lipinski definition) is 6. The largest absolute Gasteiger partial charge is 0.457 e. The van der Waals surface area contributed by atoms with Crippen molar-refractivity contribution < 1.29 is 9.53 Å². The maximum atomic E-state index is 12.3. The van der Waals surface area contributed by atoms with Crippen LogP contribution in [0.1, 0.15) is 12.0 Å². The molecule has 5 rings (SSSR count). The summed E-state index contributed by atoms with van der Waals surface area (Å²) in [7, 11) is 0. The van der Waals surface area contributed by atoms with Crippen LogP contribution in [0.3, 0.4) is 0 Å². The van der Waals surface area contributed by atoms with Crippen molar-refractivity contribution in [3.05, 3.63) is 96.5 Å². The molecule has 3 heterocycles. The molecular formula is C28H25N5O2S. The van der Waals surface area contributed by atoms with Crippen molar-refractivity contribution in [1.29, 1.82) is 0 Å². The molecule has 0 spiro atoms. The Hall–Kier alpha value is -4.43. The highest BCUT2D eigenvalue weighted by atomic mass is 32.1. The first-order valence-electron chi connectivity index (χ1n) is 11.6. The fraction of sp³-hybridized carbons (Fsp3) is 0.107. The third kappa shape index (κ3) is 5.45. The van der Waals surface area contributed by atoms with E-state index in [1.165, 1.54) is 0 Å². The first-order valence-corrected chi connectivity index (χ1v) is 12.5. The number of ether oxygens (including phenoxy) is 1. The molecule has 0 fully saturated rings. The van der Waals surface area contributed by atoms with Gasteiger partial charge in [-0.3, -0.25) is 4.79 Å². The summed E-state index contributed by atoms with van der Waals surface area (Å²) < 4.78 is 8.88. The van der Waals surface area contributed by atoms with Gasteiger partial charge in [0.1, 0.15) is 17.3 Å². The number of imidazole rings is 1. The van der Waals surface area contributed by atoms with Crippen molar-refractivity contribution in [3.8, 4) is 22.6 Å². The summed E-state index contributed by atoms with van der Waals surface area (Å²) >= 11 is 1.59. The molecule has 0 unspecified atom stereocenters. The zero-order valence-corrected chi connectivity index (χ0v) is 20.3. The van der Waals surface area contributed by atoms with E-state index in [0.717, 1.165) is 51.2 Å². The van der Waals surface area contributed by atoms with E-state index in [1.54, 1.807) is 42.2 Å². The molecule has 0 aliphatic carbocycles. The minimum Gasteiger partial charge on any atom is -0.457 e. The van der Waals surface area contributed by atoms with Crippen molar-refractivity contribution in [2.75, 3.05) is 12.3 Å². The maximum Gasteiger partial charge on any atom is 0.244 e. The average Bonchev–Trinajstić information content (AvgIpc) is 3.58. The second-order valence-corrected chi connectivity index (χ2v) is 9.05. The Balaban J connectivity index is 1.28. The molecular weight excluding hydrogens is 470 g/mol. The number of fused-ring (bicyclic) bond motifs is 1. The standard InChI is InChI=1S/C28H25N5O2S/c29-28-26-24(20-7-10-23(11-8-20)35-22-5-2-1-3-6-22)18-36-27(26)21(17-32-28)9-12-25(34)31-13-4-15-33-16-14-30-19-33/h1-3,5-12,14,16-19H,4,13,15H2,(H2,29,32)(H,31,34). The molecule has 0 saturated heterocycles. The highest BCUT2D eigenvalue weighted by Crippen LogP contribution is 2.39. The van der Waals surface area contributed by atoms with Crippen LogP contribution in [0.5, 0.6) is 11.5 Å². The number of rotatable bonds is 9. The lowest BCUT2D eigenvalue weighted by atomic mass is 10.0. The topological polar surface area (TPSA) is 95.1 Å². The zero-order valence-electron chi connectivity index (χ0n) is 19.5. The third-order valence-electron chi connectivity index (χ3n) is 5.66. The van der Waals surface area contributed by atoms with Crippen molar-refractivity contribution in [1.82, 2.24) is 19.9 Å². The van der Waals surface area contributed by atoms with Crippen molar-refractivity contribution in [2.45, 2.75) is 13.0 Å². The number of pyridine rings is 1. The van der Waals surface area contributed by atoms with Crippen LogP contribution >= 0.6 is 11.3 Å². The van der Waals surface area contributed by atoms with Crippen molar-refractivity contribution in [3.63, 3.8) is 0 Å². The van der Waals surface area contributed by atoms with E-state index in [-0.39, 0.29) is 5.91 Å². The van der Waals surface area contributed by atoms with Crippen LogP contribution in [0.2, 0.25) is 0 Å². The summed E-state index contributed by atoms with van der Waals surface area (Å²) in [5.74, 6) is 1.87. The van der Waals surface area contributed by atoms with Crippen molar-refractivity contribution >= 4 is 39.2 Å². The predicted molar refractivity (Wildman–Crippen MR) is 145 cm³/mol. The number of carbonyl (C=O) groups is 1. The number of benzene rings is 2. The van der Waals surface area contributed by atoms with Crippen LogP contribution in [-0.4, -0.2) is 27.0 Å². The lowest BCUT2D eigenvalue weighted by Gasteiger charge is -2.07. The van der Waals surface area contributed by atoms with Gasteiger partial charge in [0.25, 0.3) is 0 Å². The van der Waals surface area contributed by atoms with E-state index >= 15 is 0 Å². The number of aryl methyl sites for hydroxylation is 1. The average molecular weight is 496 g/mol.